The number of amides is 1. The summed E-state index contributed by atoms with van der Waals surface area (Å²) in [7, 11) is 0. The molecule has 6 heteroatoms. The summed E-state index contributed by atoms with van der Waals surface area (Å²) in [6, 6.07) is 27.0. The fourth-order valence-electron chi connectivity index (χ4n) is 4.27. The molecule has 2 heterocycles. The summed E-state index contributed by atoms with van der Waals surface area (Å²) in [5, 5.41) is 8.27. The van der Waals surface area contributed by atoms with E-state index in [1.807, 2.05) is 46.0 Å². The fourth-order valence-corrected chi connectivity index (χ4v) is 4.90. The first-order valence-electron chi connectivity index (χ1n) is 12.0. The van der Waals surface area contributed by atoms with Crippen LogP contribution in [0.15, 0.2) is 96.0 Å². The average Bonchev–Trinajstić information content (AvgIpc) is 3.44. The van der Waals surface area contributed by atoms with Gasteiger partial charge in [-0.15, -0.1) is 0 Å². The SMILES string of the molecule is CC(C)Nc1ncnc2ccc(-c3cccc(CN(Cc4ccccc4)C(=O)c4ccsc4)c3)cc12. The number of hydrogen-bond acceptors (Lipinski definition) is 5. The number of aromatic nitrogens is 2. The molecule has 0 unspecified atom stereocenters. The van der Waals surface area contributed by atoms with Gasteiger partial charge in [0.05, 0.1) is 11.1 Å². The molecule has 5 nitrogen and oxygen atoms in total. The first kappa shape index (κ1) is 23.7. The second kappa shape index (κ2) is 10.7. The van der Waals surface area contributed by atoms with E-state index in [0.29, 0.717) is 13.1 Å². The van der Waals surface area contributed by atoms with Crippen LogP contribution in [0.2, 0.25) is 0 Å². The second-order valence-corrected chi connectivity index (χ2v) is 9.89. The van der Waals surface area contributed by atoms with Crippen molar-refractivity contribution in [2.24, 2.45) is 0 Å². The molecule has 0 aliphatic rings. The van der Waals surface area contributed by atoms with E-state index in [4.69, 9.17) is 0 Å². The fraction of sp³-hybridized carbons (Fsp3) is 0.167. The normalized spacial score (nSPS) is 11.1. The number of benzene rings is 3. The highest BCUT2D eigenvalue weighted by atomic mass is 32.1. The molecule has 0 fully saturated rings. The maximum Gasteiger partial charge on any atom is 0.255 e. The first-order chi connectivity index (χ1) is 17.6. The van der Waals surface area contributed by atoms with E-state index in [2.05, 4.69) is 77.7 Å². The molecular formula is C30H28N4OS. The molecule has 3 aromatic carbocycles. The number of hydrogen-bond donors (Lipinski definition) is 1. The lowest BCUT2D eigenvalue weighted by atomic mass is 10.0. The minimum Gasteiger partial charge on any atom is -0.367 e. The zero-order chi connectivity index (χ0) is 24.9. The third-order valence-corrected chi connectivity index (χ3v) is 6.65. The number of nitrogens with one attached hydrogen (secondary N) is 1. The Hall–Kier alpha value is -4.03. The van der Waals surface area contributed by atoms with Gasteiger partial charge >= 0.3 is 0 Å². The quantitative estimate of drug-likeness (QED) is 0.253. The Morgan fingerprint density at radius 1 is 0.889 bits per heavy atom. The van der Waals surface area contributed by atoms with Crippen LogP contribution in [0, 0.1) is 0 Å². The van der Waals surface area contributed by atoms with Crippen LogP contribution in [0.3, 0.4) is 0 Å². The molecule has 0 saturated heterocycles. The van der Waals surface area contributed by atoms with Crippen molar-refractivity contribution in [2.45, 2.75) is 33.0 Å². The van der Waals surface area contributed by atoms with E-state index in [-0.39, 0.29) is 11.9 Å². The van der Waals surface area contributed by atoms with Gasteiger partial charge in [0.15, 0.2) is 0 Å². The molecule has 0 aliphatic carbocycles. The molecule has 0 saturated carbocycles. The van der Waals surface area contributed by atoms with E-state index in [1.54, 1.807) is 17.7 Å². The smallest absolute Gasteiger partial charge is 0.255 e. The minimum atomic E-state index is 0.0396. The molecule has 0 bridgehead atoms. The minimum absolute atomic E-state index is 0.0396. The van der Waals surface area contributed by atoms with Gasteiger partial charge in [-0.25, -0.2) is 9.97 Å². The number of rotatable bonds is 8. The number of carbonyl (C=O) groups is 1. The summed E-state index contributed by atoms with van der Waals surface area (Å²) in [4.78, 5) is 24.2. The zero-order valence-electron chi connectivity index (χ0n) is 20.4. The molecule has 36 heavy (non-hydrogen) atoms. The highest BCUT2D eigenvalue weighted by Crippen LogP contribution is 2.28. The van der Waals surface area contributed by atoms with Gasteiger partial charge in [-0.3, -0.25) is 4.79 Å². The molecule has 1 amide bonds. The van der Waals surface area contributed by atoms with Crippen LogP contribution < -0.4 is 5.32 Å². The summed E-state index contributed by atoms with van der Waals surface area (Å²) < 4.78 is 0. The van der Waals surface area contributed by atoms with Crippen molar-refractivity contribution in [1.29, 1.82) is 0 Å². The van der Waals surface area contributed by atoms with E-state index >= 15 is 0 Å². The van der Waals surface area contributed by atoms with Gasteiger partial charge in [-0.1, -0.05) is 54.6 Å². The number of anilines is 1. The number of fused-ring (bicyclic) bond motifs is 1. The monoisotopic (exact) mass is 492 g/mol. The number of carbonyl (C=O) groups excluding carboxylic acids is 1. The number of thiophene rings is 1. The summed E-state index contributed by atoms with van der Waals surface area (Å²) in [6.07, 6.45) is 1.60. The summed E-state index contributed by atoms with van der Waals surface area (Å²) in [6.45, 7) is 5.27. The van der Waals surface area contributed by atoms with Crippen LogP contribution in [0.25, 0.3) is 22.0 Å². The molecule has 0 atom stereocenters. The van der Waals surface area contributed by atoms with Crippen LogP contribution in [0.5, 0.6) is 0 Å². The van der Waals surface area contributed by atoms with Crippen LogP contribution >= 0.6 is 11.3 Å². The number of nitrogens with zero attached hydrogens (tertiary/aromatic N) is 3. The first-order valence-corrected chi connectivity index (χ1v) is 13.0. The Morgan fingerprint density at radius 2 is 1.67 bits per heavy atom. The molecule has 5 rings (SSSR count). The zero-order valence-corrected chi connectivity index (χ0v) is 21.2. The van der Waals surface area contributed by atoms with Gasteiger partial charge in [0.25, 0.3) is 5.91 Å². The van der Waals surface area contributed by atoms with Crippen molar-refractivity contribution in [3.63, 3.8) is 0 Å². The highest BCUT2D eigenvalue weighted by molar-refractivity contribution is 7.08. The standard InChI is InChI=1S/C30H28N4OS/c1-21(2)33-29-27-16-25(11-12-28(27)31-20-32-29)24-10-6-9-23(15-24)18-34(17-22-7-4-3-5-8-22)30(35)26-13-14-36-19-26/h3-16,19-21H,17-18H2,1-2H3,(H,31,32,33). The van der Waals surface area contributed by atoms with Gasteiger partial charge in [-0.2, -0.15) is 11.3 Å². The van der Waals surface area contributed by atoms with Crippen molar-refractivity contribution < 1.29 is 4.79 Å². The predicted octanol–water partition coefficient (Wildman–Crippen LogP) is 7.02. The van der Waals surface area contributed by atoms with Crippen LogP contribution in [-0.2, 0) is 13.1 Å². The van der Waals surface area contributed by atoms with E-state index in [1.165, 1.54) is 0 Å². The highest BCUT2D eigenvalue weighted by Gasteiger charge is 2.17. The lowest BCUT2D eigenvalue weighted by Crippen LogP contribution is -2.29. The average molecular weight is 493 g/mol. The Balaban J connectivity index is 1.45. The topological polar surface area (TPSA) is 58.1 Å². The van der Waals surface area contributed by atoms with Crippen molar-refractivity contribution in [2.75, 3.05) is 5.32 Å². The third kappa shape index (κ3) is 5.44. The van der Waals surface area contributed by atoms with Gasteiger partial charge in [0.2, 0.25) is 0 Å². The van der Waals surface area contributed by atoms with Gasteiger partial charge in [0, 0.05) is 29.9 Å². The van der Waals surface area contributed by atoms with Gasteiger partial charge < -0.3 is 10.2 Å². The summed E-state index contributed by atoms with van der Waals surface area (Å²) in [5.74, 6) is 0.876. The Bertz CT molecular complexity index is 1470. The largest absolute Gasteiger partial charge is 0.367 e. The van der Waals surface area contributed by atoms with Gasteiger partial charge in [0.1, 0.15) is 12.1 Å². The lowest BCUT2D eigenvalue weighted by Gasteiger charge is -2.23. The summed E-state index contributed by atoms with van der Waals surface area (Å²) >= 11 is 1.54. The second-order valence-electron chi connectivity index (χ2n) is 9.11. The molecule has 2 aromatic heterocycles. The molecular weight excluding hydrogens is 464 g/mol. The van der Waals surface area contributed by atoms with E-state index < -0.39 is 0 Å². The van der Waals surface area contributed by atoms with E-state index in [0.717, 1.165) is 44.5 Å². The molecule has 0 aliphatic heterocycles. The summed E-state index contributed by atoms with van der Waals surface area (Å²) in [5.41, 5.74) is 6.00. The molecule has 1 N–H and O–H groups in total. The molecule has 5 aromatic rings. The van der Waals surface area contributed by atoms with Crippen molar-refractivity contribution >= 4 is 34.0 Å². The van der Waals surface area contributed by atoms with E-state index in [9.17, 15) is 4.79 Å². The van der Waals surface area contributed by atoms with Gasteiger partial charge in [-0.05, 0) is 65.7 Å². The Kier molecular flexibility index (Phi) is 7.05. The predicted molar refractivity (Wildman–Crippen MR) is 148 cm³/mol. The van der Waals surface area contributed by atoms with Crippen LogP contribution in [-0.4, -0.2) is 26.8 Å². The third-order valence-electron chi connectivity index (χ3n) is 5.97. The van der Waals surface area contributed by atoms with Crippen molar-refractivity contribution in [3.05, 3.63) is 113 Å². The Labute approximate surface area is 215 Å². The Morgan fingerprint density at radius 3 is 2.44 bits per heavy atom. The van der Waals surface area contributed by atoms with Crippen LogP contribution in [0.4, 0.5) is 5.82 Å². The maximum atomic E-state index is 13.4. The molecule has 0 radical (unpaired) electrons. The lowest BCUT2D eigenvalue weighted by molar-refractivity contribution is 0.0730. The molecule has 180 valence electrons. The maximum absolute atomic E-state index is 13.4. The van der Waals surface area contributed by atoms with Crippen molar-refractivity contribution in [3.8, 4) is 11.1 Å². The molecule has 0 spiro atoms. The van der Waals surface area contributed by atoms with Crippen molar-refractivity contribution in [1.82, 2.24) is 14.9 Å². The van der Waals surface area contributed by atoms with Crippen LogP contribution in [0.1, 0.15) is 35.3 Å².